The summed E-state index contributed by atoms with van der Waals surface area (Å²) in [5.41, 5.74) is 7.19. The third kappa shape index (κ3) is 3.36. The molecule has 0 amide bonds. The number of nitrogens with zero attached hydrogens (tertiary/aromatic N) is 8. The maximum atomic E-state index is 4.95. The molecule has 5 heterocycles. The van der Waals surface area contributed by atoms with Gasteiger partial charge in [0, 0.05) is 57.0 Å². The molecular formula is C27H20N8S. The van der Waals surface area contributed by atoms with Gasteiger partial charge in [-0.3, -0.25) is 9.67 Å². The third-order valence-electron chi connectivity index (χ3n) is 6.54. The Labute approximate surface area is 209 Å². The Kier molecular flexibility index (Phi) is 4.65. The third-order valence-corrected chi connectivity index (χ3v) is 7.50. The number of thiophene rings is 1. The van der Waals surface area contributed by atoms with Crippen molar-refractivity contribution in [2.24, 2.45) is 7.05 Å². The van der Waals surface area contributed by atoms with Crippen LogP contribution < -0.4 is 0 Å². The van der Waals surface area contributed by atoms with Gasteiger partial charge in [0.1, 0.15) is 0 Å². The highest BCUT2D eigenvalue weighted by Crippen LogP contribution is 2.33. The standard InChI is InChI=1S/C27H20N8S/c1-16(17-7-8-23-18(9-17)10-19(11-28-23)20-12-30-34(2)14-20)35-27-26(32-33-35)29-13-24(31-27)22-15-36-25-6-4-3-5-21(22)25/h3-16H,1-2H3. The maximum Gasteiger partial charge on any atom is 0.221 e. The zero-order valence-electron chi connectivity index (χ0n) is 19.6. The summed E-state index contributed by atoms with van der Waals surface area (Å²) in [5.74, 6) is 0. The molecule has 5 aromatic heterocycles. The fourth-order valence-corrected chi connectivity index (χ4v) is 5.53. The average Bonchev–Trinajstić information content (AvgIpc) is 3.65. The minimum absolute atomic E-state index is 0.0924. The number of benzene rings is 2. The Morgan fingerprint density at radius 1 is 0.944 bits per heavy atom. The second-order valence-corrected chi connectivity index (χ2v) is 9.75. The highest BCUT2D eigenvalue weighted by atomic mass is 32.1. The molecule has 0 fully saturated rings. The second kappa shape index (κ2) is 8.03. The number of aromatic nitrogens is 8. The molecule has 8 nitrogen and oxygen atoms in total. The van der Waals surface area contributed by atoms with Crippen LogP contribution in [0.25, 0.3) is 54.7 Å². The molecule has 1 atom stereocenters. The van der Waals surface area contributed by atoms with Gasteiger partial charge in [-0.1, -0.05) is 29.5 Å². The topological polar surface area (TPSA) is 87.2 Å². The molecule has 0 aliphatic rings. The highest BCUT2D eigenvalue weighted by Gasteiger charge is 2.18. The predicted molar refractivity (Wildman–Crippen MR) is 142 cm³/mol. The van der Waals surface area contributed by atoms with Crippen LogP contribution in [0.3, 0.4) is 0 Å². The van der Waals surface area contributed by atoms with Gasteiger partial charge in [-0.05, 0) is 36.8 Å². The summed E-state index contributed by atoms with van der Waals surface area (Å²) in [5, 5.41) is 17.4. The van der Waals surface area contributed by atoms with Gasteiger partial charge in [0.2, 0.25) is 5.65 Å². The first-order valence-electron chi connectivity index (χ1n) is 11.6. The first kappa shape index (κ1) is 20.8. The van der Waals surface area contributed by atoms with Gasteiger partial charge in [0.15, 0.2) is 5.65 Å². The van der Waals surface area contributed by atoms with E-state index in [0.29, 0.717) is 11.3 Å². The lowest BCUT2D eigenvalue weighted by atomic mass is 10.0. The minimum Gasteiger partial charge on any atom is -0.275 e. The SMILES string of the molecule is CC(c1ccc2ncc(-c3cnn(C)c3)cc2c1)n1nnc2ncc(-c3csc4ccccc34)nc21. The molecule has 0 saturated carbocycles. The van der Waals surface area contributed by atoms with E-state index in [2.05, 4.69) is 74.1 Å². The van der Waals surface area contributed by atoms with E-state index in [0.717, 1.165) is 38.9 Å². The lowest BCUT2D eigenvalue weighted by Gasteiger charge is -2.13. The molecule has 0 bridgehead atoms. The summed E-state index contributed by atoms with van der Waals surface area (Å²) in [6.07, 6.45) is 7.51. The molecule has 0 aliphatic heterocycles. The molecule has 0 N–H and O–H groups in total. The quantitative estimate of drug-likeness (QED) is 0.318. The fourth-order valence-electron chi connectivity index (χ4n) is 4.58. The zero-order valence-corrected chi connectivity index (χ0v) is 20.4. The summed E-state index contributed by atoms with van der Waals surface area (Å²) < 4.78 is 4.87. The van der Waals surface area contributed by atoms with Crippen molar-refractivity contribution >= 4 is 43.6 Å². The Balaban J connectivity index is 1.30. The number of fused-ring (bicyclic) bond motifs is 3. The van der Waals surface area contributed by atoms with E-state index in [-0.39, 0.29) is 6.04 Å². The Hall–Kier alpha value is -4.50. The van der Waals surface area contributed by atoms with Gasteiger partial charge in [-0.2, -0.15) is 5.10 Å². The van der Waals surface area contributed by atoms with Crippen LogP contribution in [0.5, 0.6) is 0 Å². The van der Waals surface area contributed by atoms with Crippen LogP contribution in [0.2, 0.25) is 0 Å². The van der Waals surface area contributed by atoms with E-state index in [1.807, 2.05) is 42.5 Å². The van der Waals surface area contributed by atoms with Crippen LogP contribution in [0.15, 0.2) is 78.7 Å². The van der Waals surface area contributed by atoms with Crippen molar-refractivity contribution in [3.63, 3.8) is 0 Å². The van der Waals surface area contributed by atoms with Crippen molar-refractivity contribution in [2.45, 2.75) is 13.0 Å². The van der Waals surface area contributed by atoms with Crippen molar-refractivity contribution in [1.29, 1.82) is 0 Å². The first-order chi connectivity index (χ1) is 17.6. The number of hydrogen-bond donors (Lipinski definition) is 0. The number of rotatable bonds is 4. The average molecular weight is 489 g/mol. The van der Waals surface area contributed by atoms with E-state index in [4.69, 9.17) is 4.98 Å². The van der Waals surface area contributed by atoms with E-state index in [9.17, 15) is 0 Å². The molecule has 174 valence electrons. The summed E-state index contributed by atoms with van der Waals surface area (Å²) in [6, 6.07) is 16.7. The van der Waals surface area contributed by atoms with Gasteiger partial charge < -0.3 is 0 Å². The lowest BCUT2D eigenvalue weighted by molar-refractivity contribution is 0.556. The van der Waals surface area contributed by atoms with E-state index >= 15 is 0 Å². The number of pyridine rings is 1. The monoisotopic (exact) mass is 488 g/mol. The molecular weight excluding hydrogens is 468 g/mol. The van der Waals surface area contributed by atoms with Gasteiger partial charge >= 0.3 is 0 Å². The smallest absolute Gasteiger partial charge is 0.221 e. The Morgan fingerprint density at radius 2 is 1.86 bits per heavy atom. The van der Waals surface area contributed by atoms with Crippen molar-refractivity contribution in [1.82, 2.24) is 39.7 Å². The fraction of sp³-hybridized carbons (Fsp3) is 0.111. The molecule has 7 aromatic rings. The Morgan fingerprint density at radius 3 is 2.75 bits per heavy atom. The van der Waals surface area contributed by atoms with E-state index in [1.54, 1.807) is 22.2 Å². The van der Waals surface area contributed by atoms with E-state index in [1.165, 1.54) is 10.1 Å². The van der Waals surface area contributed by atoms with E-state index < -0.39 is 0 Å². The van der Waals surface area contributed by atoms with Crippen LogP contribution in [-0.4, -0.2) is 39.7 Å². The van der Waals surface area contributed by atoms with Gasteiger partial charge in [-0.15, -0.1) is 16.4 Å². The Bertz CT molecular complexity index is 1900. The minimum atomic E-state index is -0.0924. The van der Waals surface area contributed by atoms with Gasteiger partial charge in [-0.25, -0.2) is 14.6 Å². The summed E-state index contributed by atoms with van der Waals surface area (Å²) in [4.78, 5) is 14.2. The molecule has 1 unspecified atom stereocenters. The highest BCUT2D eigenvalue weighted by molar-refractivity contribution is 7.17. The molecule has 2 aromatic carbocycles. The normalized spacial score (nSPS) is 12.6. The molecule has 0 saturated heterocycles. The van der Waals surface area contributed by atoms with Crippen molar-refractivity contribution in [3.05, 3.63) is 84.3 Å². The molecule has 0 radical (unpaired) electrons. The molecule has 9 heteroatoms. The predicted octanol–water partition coefficient (Wildman–Crippen LogP) is 5.66. The van der Waals surface area contributed by atoms with Crippen LogP contribution in [-0.2, 0) is 7.05 Å². The first-order valence-corrected chi connectivity index (χ1v) is 12.5. The number of aryl methyl sites for hydroxylation is 1. The van der Waals surface area contributed by atoms with Crippen LogP contribution in [0.1, 0.15) is 18.5 Å². The summed E-state index contributed by atoms with van der Waals surface area (Å²) in [7, 11) is 1.91. The molecule has 36 heavy (non-hydrogen) atoms. The van der Waals surface area contributed by atoms with Gasteiger partial charge in [0.25, 0.3) is 0 Å². The lowest BCUT2D eigenvalue weighted by Crippen LogP contribution is -2.09. The summed E-state index contributed by atoms with van der Waals surface area (Å²) in [6.45, 7) is 2.10. The van der Waals surface area contributed by atoms with Crippen LogP contribution >= 0.6 is 11.3 Å². The molecule has 0 spiro atoms. The number of hydrogen-bond acceptors (Lipinski definition) is 7. The summed E-state index contributed by atoms with van der Waals surface area (Å²) >= 11 is 1.71. The largest absolute Gasteiger partial charge is 0.275 e. The van der Waals surface area contributed by atoms with Crippen LogP contribution in [0.4, 0.5) is 0 Å². The van der Waals surface area contributed by atoms with Crippen LogP contribution in [0, 0.1) is 0 Å². The van der Waals surface area contributed by atoms with Crippen molar-refractivity contribution in [2.75, 3.05) is 0 Å². The van der Waals surface area contributed by atoms with Crippen molar-refractivity contribution < 1.29 is 0 Å². The zero-order chi connectivity index (χ0) is 24.2. The van der Waals surface area contributed by atoms with Crippen molar-refractivity contribution in [3.8, 4) is 22.4 Å². The van der Waals surface area contributed by atoms with Gasteiger partial charge in [0.05, 0.1) is 29.6 Å². The second-order valence-electron chi connectivity index (χ2n) is 8.84. The molecule has 0 aliphatic carbocycles. The maximum absolute atomic E-state index is 4.95. The molecule has 7 rings (SSSR count).